The fraction of sp³-hybridized carbons (Fsp3) is 0.235. The Bertz CT molecular complexity index is 759. The van der Waals surface area contributed by atoms with Crippen LogP contribution >= 0.6 is 0 Å². The van der Waals surface area contributed by atoms with Gasteiger partial charge in [0.15, 0.2) is 5.78 Å². The second-order valence-corrected chi connectivity index (χ2v) is 5.49. The molecular formula is C17H16O5. The first-order valence-electron chi connectivity index (χ1n) is 6.94. The van der Waals surface area contributed by atoms with Crippen molar-refractivity contribution in [2.45, 2.75) is 26.4 Å². The lowest BCUT2D eigenvalue weighted by Crippen LogP contribution is -2.21. The molecule has 1 heterocycles. The molecule has 1 aliphatic rings. The summed E-state index contributed by atoms with van der Waals surface area (Å²) in [5, 5.41) is 29.9. The van der Waals surface area contributed by atoms with Gasteiger partial charge in [0.2, 0.25) is 0 Å². The van der Waals surface area contributed by atoms with E-state index in [2.05, 4.69) is 0 Å². The Morgan fingerprint density at radius 3 is 2.36 bits per heavy atom. The predicted molar refractivity (Wildman–Crippen MR) is 79.7 cm³/mol. The maximum atomic E-state index is 12.4. The summed E-state index contributed by atoms with van der Waals surface area (Å²) in [5.41, 5.74) is 1.89. The number of benzene rings is 2. The smallest absolute Gasteiger partial charge is 0.174 e. The first-order valence-corrected chi connectivity index (χ1v) is 6.94. The van der Waals surface area contributed by atoms with Crippen LogP contribution in [0.25, 0.3) is 0 Å². The summed E-state index contributed by atoms with van der Waals surface area (Å²) < 4.78 is 5.84. The average molecular weight is 300 g/mol. The maximum Gasteiger partial charge on any atom is 0.174 e. The van der Waals surface area contributed by atoms with Crippen LogP contribution in [0.2, 0.25) is 0 Å². The first-order chi connectivity index (χ1) is 10.4. The van der Waals surface area contributed by atoms with Gasteiger partial charge in [-0.25, -0.2) is 0 Å². The normalized spacial score (nSPS) is 17.0. The molecule has 22 heavy (non-hydrogen) atoms. The van der Waals surface area contributed by atoms with Gasteiger partial charge in [-0.15, -0.1) is 0 Å². The second-order valence-electron chi connectivity index (χ2n) is 5.49. The summed E-state index contributed by atoms with van der Waals surface area (Å²) in [6.45, 7) is 3.61. The number of aryl methyl sites for hydroxylation is 1. The molecule has 3 rings (SSSR count). The monoisotopic (exact) mass is 300 g/mol. The van der Waals surface area contributed by atoms with Crippen LogP contribution in [0.4, 0.5) is 0 Å². The molecule has 3 N–H and O–H groups in total. The Morgan fingerprint density at radius 2 is 1.73 bits per heavy atom. The number of fused-ring (bicyclic) bond motifs is 1. The van der Waals surface area contributed by atoms with Crippen LogP contribution < -0.4 is 4.74 Å². The maximum absolute atomic E-state index is 12.4. The molecule has 0 aliphatic carbocycles. The summed E-state index contributed by atoms with van der Waals surface area (Å²) in [6.07, 6.45) is -0.852. The highest BCUT2D eigenvalue weighted by Crippen LogP contribution is 2.45. The summed E-state index contributed by atoms with van der Waals surface area (Å²) in [5.74, 6) is -0.342. The van der Waals surface area contributed by atoms with Crippen LogP contribution in [0.15, 0.2) is 24.3 Å². The highest BCUT2D eigenvalue weighted by Gasteiger charge is 2.34. The van der Waals surface area contributed by atoms with Gasteiger partial charge in [0.05, 0.1) is 12.0 Å². The van der Waals surface area contributed by atoms with E-state index in [9.17, 15) is 20.1 Å². The average Bonchev–Trinajstić information content (AvgIpc) is 2.44. The largest absolute Gasteiger partial charge is 0.507 e. The van der Waals surface area contributed by atoms with E-state index in [4.69, 9.17) is 4.74 Å². The molecular weight excluding hydrogens is 284 g/mol. The summed E-state index contributed by atoms with van der Waals surface area (Å²) in [7, 11) is 0. The van der Waals surface area contributed by atoms with Crippen LogP contribution in [0.3, 0.4) is 0 Å². The zero-order valence-electron chi connectivity index (χ0n) is 12.3. The fourth-order valence-electron chi connectivity index (χ4n) is 2.77. The summed E-state index contributed by atoms with van der Waals surface area (Å²) in [4.78, 5) is 12.4. The van der Waals surface area contributed by atoms with E-state index in [1.54, 1.807) is 6.92 Å². The number of hydrogen-bond donors (Lipinski definition) is 3. The van der Waals surface area contributed by atoms with Crippen LogP contribution in [-0.2, 0) is 0 Å². The van der Waals surface area contributed by atoms with Gasteiger partial charge in [0.1, 0.15) is 34.7 Å². The van der Waals surface area contributed by atoms with E-state index in [0.29, 0.717) is 5.75 Å². The van der Waals surface area contributed by atoms with Crippen molar-refractivity contribution in [3.05, 3.63) is 46.5 Å². The molecule has 0 saturated carbocycles. The van der Waals surface area contributed by atoms with Crippen molar-refractivity contribution >= 4 is 5.78 Å². The molecule has 2 aromatic rings. The third-order valence-electron chi connectivity index (χ3n) is 4.06. The van der Waals surface area contributed by atoms with Crippen LogP contribution in [-0.4, -0.2) is 21.1 Å². The molecule has 0 fully saturated rings. The third kappa shape index (κ3) is 2.06. The van der Waals surface area contributed by atoms with E-state index in [1.165, 1.54) is 24.3 Å². The summed E-state index contributed by atoms with van der Waals surface area (Å²) >= 11 is 0. The lowest BCUT2D eigenvalue weighted by molar-refractivity contribution is 0.0837. The molecule has 0 saturated heterocycles. The van der Waals surface area contributed by atoms with Gasteiger partial charge in [-0.3, -0.25) is 4.79 Å². The number of hydrogen-bond acceptors (Lipinski definition) is 5. The molecule has 0 bridgehead atoms. The number of carbonyl (C=O) groups is 1. The molecule has 0 spiro atoms. The first kappa shape index (κ1) is 14.3. The van der Waals surface area contributed by atoms with Gasteiger partial charge in [0.25, 0.3) is 0 Å². The van der Waals surface area contributed by atoms with Crippen molar-refractivity contribution < 1.29 is 24.9 Å². The minimum absolute atomic E-state index is 0.0613. The van der Waals surface area contributed by atoms with Crippen molar-refractivity contribution in [1.29, 1.82) is 0 Å². The number of aromatic hydroxyl groups is 3. The van der Waals surface area contributed by atoms with Gasteiger partial charge >= 0.3 is 0 Å². The van der Waals surface area contributed by atoms with E-state index in [1.807, 2.05) is 6.92 Å². The molecule has 1 atom stereocenters. The number of phenols is 3. The Balaban J connectivity index is 2.14. The Hall–Kier alpha value is -2.69. The number of rotatable bonds is 1. The molecule has 114 valence electrons. The number of ketones is 1. The van der Waals surface area contributed by atoms with Gasteiger partial charge in [-0.1, -0.05) is 6.07 Å². The molecule has 0 radical (unpaired) electrons. The predicted octanol–water partition coefficient (Wildman–Crippen LogP) is 3.13. The van der Waals surface area contributed by atoms with Crippen molar-refractivity contribution in [3.63, 3.8) is 0 Å². The standard InChI is InChI=1S/C17H16O5/c1-8-6-12(20)16-13(21)7-14(22-17(16)9(8)2)15-10(18)4-3-5-11(15)19/h3-6,14,18-20H,7H2,1-2H3. The minimum atomic E-state index is -0.791. The van der Waals surface area contributed by atoms with Crippen molar-refractivity contribution in [3.8, 4) is 23.0 Å². The van der Waals surface area contributed by atoms with E-state index in [0.717, 1.165) is 11.1 Å². The van der Waals surface area contributed by atoms with Gasteiger partial charge in [-0.2, -0.15) is 0 Å². The molecule has 1 aliphatic heterocycles. The lowest BCUT2D eigenvalue weighted by Gasteiger charge is -2.28. The lowest BCUT2D eigenvalue weighted by atomic mass is 9.91. The number of phenolic OH excluding ortho intramolecular Hbond substituents is 3. The zero-order chi connectivity index (χ0) is 16.0. The number of Topliss-reactive ketones (excluding diaryl/α,β-unsaturated/α-hetero) is 1. The van der Waals surface area contributed by atoms with Crippen molar-refractivity contribution in [2.75, 3.05) is 0 Å². The quantitative estimate of drug-likeness (QED) is 0.753. The number of ether oxygens (including phenoxy) is 1. The molecule has 0 amide bonds. The molecule has 0 aromatic heterocycles. The van der Waals surface area contributed by atoms with Crippen LogP contribution in [0, 0.1) is 13.8 Å². The van der Waals surface area contributed by atoms with Gasteiger partial charge in [0, 0.05) is 0 Å². The molecule has 5 nitrogen and oxygen atoms in total. The zero-order valence-corrected chi connectivity index (χ0v) is 12.3. The Labute approximate surface area is 127 Å². The topological polar surface area (TPSA) is 87.0 Å². The number of carbonyl (C=O) groups excluding carboxylic acids is 1. The van der Waals surface area contributed by atoms with E-state index >= 15 is 0 Å². The third-order valence-corrected chi connectivity index (χ3v) is 4.06. The van der Waals surface area contributed by atoms with Crippen LogP contribution in [0.1, 0.15) is 39.6 Å². The summed E-state index contributed by atoms with van der Waals surface area (Å²) in [6, 6.07) is 5.90. The van der Waals surface area contributed by atoms with Gasteiger partial charge in [-0.05, 0) is 43.2 Å². The highest BCUT2D eigenvalue weighted by molar-refractivity contribution is 6.03. The molecule has 2 aromatic carbocycles. The Kier molecular flexibility index (Phi) is 3.20. The minimum Gasteiger partial charge on any atom is -0.507 e. The second kappa shape index (κ2) is 4.94. The SMILES string of the molecule is Cc1cc(O)c2c(c1C)OC(c1c(O)cccc1O)CC2=O. The fourth-order valence-corrected chi connectivity index (χ4v) is 2.77. The van der Waals surface area contributed by atoms with Crippen molar-refractivity contribution in [1.82, 2.24) is 0 Å². The van der Waals surface area contributed by atoms with Crippen LogP contribution in [0.5, 0.6) is 23.0 Å². The van der Waals surface area contributed by atoms with E-state index in [-0.39, 0.29) is 40.6 Å². The van der Waals surface area contributed by atoms with E-state index < -0.39 is 6.10 Å². The highest BCUT2D eigenvalue weighted by atomic mass is 16.5. The molecule has 5 heteroatoms. The van der Waals surface area contributed by atoms with Crippen molar-refractivity contribution in [2.24, 2.45) is 0 Å². The van der Waals surface area contributed by atoms with Gasteiger partial charge < -0.3 is 20.1 Å². The Morgan fingerprint density at radius 1 is 1.09 bits per heavy atom. The molecule has 1 unspecified atom stereocenters.